The molecular weight excluding hydrogens is 219 g/mol. The molecule has 0 heterocycles. The Morgan fingerprint density at radius 1 is 1.53 bits per heavy atom. The summed E-state index contributed by atoms with van der Waals surface area (Å²) in [6.45, 7) is 1.97. The Labute approximate surface area is 93.0 Å². The summed E-state index contributed by atoms with van der Waals surface area (Å²) in [6.07, 6.45) is 1.99. The molecule has 1 aromatic carbocycles. The first-order chi connectivity index (χ1) is 7.15. The molecule has 0 radical (unpaired) electrons. The molecule has 0 saturated heterocycles. The van der Waals surface area contributed by atoms with Gasteiger partial charge in [-0.05, 0) is 18.6 Å². The van der Waals surface area contributed by atoms with Gasteiger partial charge in [0.05, 0.1) is 0 Å². The van der Waals surface area contributed by atoms with Crippen LogP contribution < -0.4 is 4.74 Å². The summed E-state index contributed by atoms with van der Waals surface area (Å²) in [5.74, 6) is -0.889. The van der Waals surface area contributed by atoms with E-state index in [1.54, 1.807) is 0 Å². The van der Waals surface area contributed by atoms with Crippen molar-refractivity contribution in [3.63, 3.8) is 0 Å². The SMILES string of the molecule is CCCCC(=O)Oc1cccc(F)c1Cl. The van der Waals surface area contributed by atoms with Crippen LogP contribution >= 0.6 is 11.6 Å². The second-order valence-electron chi connectivity index (χ2n) is 3.13. The van der Waals surface area contributed by atoms with Gasteiger partial charge in [-0.1, -0.05) is 31.0 Å². The average molecular weight is 231 g/mol. The molecule has 2 nitrogen and oxygen atoms in total. The van der Waals surface area contributed by atoms with Crippen molar-refractivity contribution < 1.29 is 13.9 Å². The molecule has 4 heteroatoms. The van der Waals surface area contributed by atoms with Crippen molar-refractivity contribution in [2.45, 2.75) is 26.2 Å². The van der Waals surface area contributed by atoms with Crippen LogP contribution in [0, 0.1) is 5.82 Å². The standard InChI is InChI=1S/C11H12ClFO2/c1-2-3-7-10(14)15-9-6-4-5-8(13)11(9)12/h4-6H,2-3,7H2,1H3. The van der Waals surface area contributed by atoms with Crippen LogP contribution in [0.2, 0.25) is 5.02 Å². The number of carbonyl (C=O) groups excluding carboxylic acids is 1. The maximum absolute atomic E-state index is 13.0. The monoisotopic (exact) mass is 230 g/mol. The predicted molar refractivity (Wildman–Crippen MR) is 56.6 cm³/mol. The molecule has 0 bridgehead atoms. The zero-order chi connectivity index (χ0) is 11.3. The Bertz CT molecular complexity index is 352. The molecule has 0 aliphatic heterocycles. The van der Waals surface area contributed by atoms with Crippen LogP contribution in [-0.2, 0) is 4.79 Å². The Hall–Kier alpha value is -1.09. The number of benzene rings is 1. The lowest BCUT2D eigenvalue weighted by atomic mass is 10.2. The fraction of sp³-hybridized carbons (Fsp3) is 0.364. The van der Waals surface area contributed by atoms with E-state index in [-0.39, 0.29) is 16.7 Å². The van der Waals surface area contributed by atoms with E-state index in [1.807, 2.05) is 6.92 Å². The van der Waals surface area contributed by atoms with Gasteiger partial charge < -0.3 is 4.74 Å². The van der Waals surface area contributed by atoms with E-state index in [4.69, 9.17) is 16.3 Å². The molecule has 15 heavy (non-hydrogen) atoms. The third kappa shape index (κ3) is 3.51. The Kier molecular flexibility index (Phi) is 4.56. The number of hydrogen-bond acceptors (Lipinski definition) is 2. The van der Waals surface area contributed by atoms with Crippen molar-refractivity contribution in [3.05, 3.63) is 29.0 Å². The second-order valence-corrected chi connectivity index (χ2v) is 3.51. The topological polar surface area (TPSA) is 26.3 Å². The lowest BCUT2D eigenvalue weighted by molar-refractivity contribution is -0.134. The average Bonchev–Trinajstić information content (AvgIpc) is 2.22. The summed E-state index contributed by atoms with van der Waals surface area (Å²) < 4.78 is 17.9. The lowest BCUT2D eigenvalue weighted by Crippen LogP contribution is -2.07. The first-order valence-electron chi connectivity index (χ1n) is 4.80. The largest absolute Gasteiger partial charge is 0.425 e. The number of rotatable bonds is 4. The second kappa shape index (κ2) is 5.71. The van der Waals surface area contributed by atoms with E-state index in [0.717, 1.165) is 12.8 Å². The van der Waals surface area contributed by atoms with Crippen LogP contribution in [0.3, 0.4) is 0 Å². The molecule has 0 fully saturated rings. The highest BCUT2D eigenvalue weighted by molar-refractivity contribution is 6.32. The molecule has 0 aliphatic carbocycles. The molecule has 1 rings (SSSR count). The number of halogens is 2. The summed E-state index contributed by atoms with van der Waals surface area (Å²) in [5.41, 5.74) is 0. The number of hydrogen-bond donors (Lipinski definition) is 0. The van der Waals surface area contributed by atoms with E-state index >= 15 is 0 Å². The number of esters is 1. The first-order valence-corrected chi connectivity index (χ1v) is 5.17. The summed E-state index contributed by atoms with van der Waals surface area (Å²) >= 11 is 5.62. The van der Waals surface area contributed by atoms with Crippen LogP contribution in [0.15, 0.2) is 18.2 Å². The maximum Gasteiger partial charge on any atom is 0.311 e. The van der Waals surface area contributed by atoms with E-state index in [2.05, 4.69) is 0 Å². The van der Waals surface area contributed by atoms with Crippen molar-refractivity contribution in [1.29, 1.82) is 0 Å². The van der Waals surface area contributed by atoms with Gasteiger partial charge in [-0.25, -0.2) is 4.39 Å². The van der Waals surface area contributed by atoms with Gasteiger partial charge in [-0.15, -0.1) is 0 Å². The highest BCUT2D eigenvalue weighted by atomic mass is 35.5. The summed E-state index contributed by atoms with van der Waals surface area (Å²) in [6, 6.07) is 4.13. The molecular formula is C11H12ClFO2. The molecule has 0 saturated carbocycles. The van der Waals surface area contributed by atoms with E-state index in [1.165, 1.54) is 18.2 Å². The minimum Gasteiger partial charge on any atom is -0.425 e. The molecule has 0 aromatic heterocycles. The summed E-state index contributed by atoms with van der Waals surface area (Å²) in [5, 5.41) is -0.151. The van der Waals surface area contributed by atoms with E-state index in [0.29, 0.717) is 6.42 Å². The van der Waals surface area contributed by atoms with Crippen LogP contribution in [0.25, 0.3) is 0 Å². The van der Waals surface area contributed by atoms with Crippen molar-refractivity contribution >= 4 is 17.6 Å². The van der Waals surface area contributed by atoms with Crippen LogP contribution in [0.1, 0.15) is 26.2 Å². The normalized spacial score (nSPS) is 10.1. The molecule has 0 amide bonds. The Balaban J connectivity index is 2.64. The van der Waals surface area contributed by atoms with Crippen LogP contribution in [-0.4, -0.2) is 5.97 Å². The van der Waals surface area contributed by atoms with Crippen LogP contribution in [0.4, 0.5) is 4.39 Å². The van der Waals surface area contributed by atoms with E-state index < -0.39 is 5.82 Å². The number of unbranched alkanes of at least 4 members (excludes halogenated alkanes) is 1. The lowest BCUT2D eigenvalue weighted by Gasteiger charge is -2.05. The Morgan fingerprint density at radius 3 is 2.93 bits per heavy atom. The van der Waals surface area contributed by atoms with Gasteiger partial charge >= 0.3 is 5.97 Å². The molecule has 0 unspecified atom stereocenters. The van der Waals surface area contributed by atoms with Gasteiger partial charge in [0, 0.05) is 6.42 Å². The quantitative estimate of drug-likeness (QED) is 0.584. The summed E-state index contributed by atoms with van der Waals surface area (Å²) in [4.78, 5) is 11.2. The van der Waals surface area contributed by atoms with Gasteiger partial charge in [0.25, 0.3) is 0 Å². The first kappa shape index (κ1) is 12.0. The highest BCUT2D eigenvalue weighted by Crippen LogP contribution is 2.27. The fourth-order valence-corrected chi connectivity index (χ4v) is 1.22. The van der Waals surface area contributed by atoms with Gasteiger partial charge in [0.2, 0.25) is 0 Å². The molecule has 0 N–H and O–H groups in total. The van der Waals surface area contributed by atoms with Gasteiger partial charge in [-0.3, -0.25) is 4.79 Å². The summed E-state index contributed by atoms with van der Waals surface area (Å²) in [7, 11) is 0. The maximum atomic E-state index is 13.0. The van der Waals surface area contributed by atoms with Crippen molar-refractivity contribution in [3.8, 4) is 5.75 Å². The molecule has 82 valence electrons. The predicted octanol–water partition coefficient (Wildman–Crippen LogP) is 3.57. The number of carbonyl (C=O) groups is 1. The van der Waals surface area contributed by atoms with Crippen molar-refractivity contribution in [2.75, 3.05) is 0 Å². The molecule has 0 spiro atoms. The molecule has 0 aliphatic rings. The van der Waals surface area contributed by atoms with E-state index in [9.17, 15) is 9.18 Å². The van der Waals surface area contributed by atoms with Gasteiger partial charge in [-0.2, -0.15) is 0 Å². The zero-order valence-corrected chi connectivity index (χ0v) is 9.18. The smallest absolute Gasteiger partial charge is 0.311 e. The third-order valence-electron chi connectivity index (χ3n) is 1.87. The Morgan fingerprint density at radius 2 is 2.27 bits per heavy atom. The highest BCUT2D eigenvalue weighted by Gasteiger charge is 2.10. The minimum absolute atomic E-state index is 0.0813. The van der Waals surface area contributed by atoms with Crippen LogP contribution in [0.5, 0.6) is 5.75 Å². The molecule has 0 atom stereocenters. The fourth-order valence-electron chi connectivity index (χ4n) is 1.06. The molecule has 1 aromatic rings. The van der Waals surface area contributed by atoms with Gasteiger partial charge in [0.15, 0.2) is 5.75 Å². The third-order valence-corrected chi connectivity index (χ3v) is 2.24. The zero-order valence-electron chi connectivity index (χ0n) is 8.43. The number of ether oxygens (including phenoxy) is 1. The minimum atomic E-state index is -0.586. The van der Waals surface area contributed by atoms with Crippen molar-refractivity contribution in [1.82, 2.24) is 0 Å². The van der Waals surface area contributed by atoms with Gasteiger partial charge in [0.1, 0.15) is 10.8 Å². The van der Waals surface area contributed by atoms with Crippen molar-refractivity contribution in [2.24, 2.45) is 0 Å².